The zero-order chi connectivity index (χ0) is 15.3. The molecule has 0 spiro atoms. The van der Waals surface area contributed by atoms with Crippen LogP contribution in [0.1, 0.15) is 25.3 Å². The van der Waals surface area contributed by atoms with Crippen LogP contribution in [0.5, 0.6) is 0 Å². The monoisotopic (exact) mass is 291 g/mol. The van der Waals surface area contributed by atoms with Crippen molar-refractivity contribution < 1.29 is 19.4 Å². The Kier molecular flexibility index (Phi) is 4.52. The van der Waals surface area contributed by atoms with E-state index in [4.69, 9.17) is 9.84 Å². The number of nitrogens with one attached hydrogen (secondary N) is 1. The number of alkyl carbamates (subject to hydrolysis) is 1. The number of carbonyl (C=O) groups is 2. The molecule has 1 aromatic rings. The van der Waals surface area contributed by atoms with Crippen molar-refractivity contribution in [2.24, 2.45) is 10.2 Å². The van der Waals surface area contributed by atoms with Gasteiger partial charge < -0.3 is 15.2 Å². The van der Waals surface area contributed by atoms with Crippen LogP contribution in [0.15, 0.2) is 40.6 Å². The van der Waals surface area contributed by atoms with Crippen molar-refractivity contribution in [2.75, 3.05) is 0 Å². The first-order valence-corrected chi connectivity index (χ1v) is 6.63. The van der Waals surface area contributed by atoms with E-state index >= 15 is 0 Å². The second-order valence-corrected chi connectivity index (χ2v) is 5.05. The molecule has 2 rings (SSSR count). The van der Waals surface area contributed by atoms with Crippen molar-refractivity contribution in [3.05, 3.63) is 35.9 Å². The lowest BCUT2D eigenvalue weighted by Crippen LogP contribution is -2.41. The molecule has 1 aliphatic rings. The highest BCUT2D eigenvalue weighted by Crippen LogP contribution is 2.32. The number of carbonyl (C=O) groups excluding carboxylic acids is 1. The van der Waals surface area contributed by atoms with E-state index in [-0.39, 0.29) is 13.0 Å². The van der Waals surface area contributed by atoms with E-state index < -0.39 is 23.8 Å². The first-order valence-electron chi connectivity index (χ1n) is 6.63. The van der Waals surface area contributed by atoms with Crippen molar-refractivity contribution >= 4 is 12.1 Å². The smallest absolute Gasteiger partial charge is 0.408 e. The molecule has 1 amide bonds. The lowest BCUT2D eigenvalue weighted by atomic mass is 10.1. The van der Waals surface area contributed by atoms with Crippen LogP contribution in [0.3, 0.4) is 0 Å². The second-order valence-electron chi connectivity index (χ2n) is 5.05. The number of benzene rings is 1. The van der Waals surface area contributed by atoms with E-state index in [2.05, 4.69) is 15.5 Å². The molecule has 0 aliphatic carbocycles. The fourth-order valence-corrected chi connectivity index (χ4v) is 1.77. The van der Waals surface area contributed by atoms with Gasteiger partial charge in [-0.3, -0.25) is 0 Å². The quantitative estimate of drug-likeness (QED) is 0.805. The van der Waals surface area contributed by atoms with E-state index in [0.29, 0.717) is 6.42 Å². The van der Waals surface area contributed by atoms with Crippen LogP contribution in [0.2, 0.25) is 0 Å². The summed E-state index contributed by atoms with van der Waals surface area (Å²) in [6, 6.07) is 8.16. The minimum absolute atomic E-state index is 0.0986. The predicted molar refractivity (Wildman–Crippen MR) is 73.7 cm³/mol. The molecule has 1 heterocycles. The zero-order valence-electron chi connectivity index (χ0n) is 11.7. The first kappa shape index (κ1) is 15.0. The third-order valence-electron chi connectivity index (χ3n) is 3.15. The van der Waals surface area contributed by atoms with E-state index in [1.165, 1.54) is 0 Å². The molecule has 1 atom stereocenters. The molecule has 0 unspecified atom stereocenters. The average Bonchev–Trinajstić information content (AvgIpc) is 3.20. The number of nitrogens with zero attached hydrogens (tertiary/aromatic N) is 2. The number of aliphatic carboxylic acids is 1. The standard InChI is InChI=1S/C14H17N3O4/c1-14(16-17-14)8-7-11(12(18)19)15-13(20)21-9-10-5-3-2-4-6-10/h2-6,11H,7-9H2,1H3,(H,15,20)(H,18,19)/t11-/m0/s1. The molecule has 0 saturated heterocycles. The number of hydrogen-bond acceptors (Lipinski definition) is 5. The summed E-state index contributed by atoms with van der Waals surface area (Å²) >= 11 is 0. The normalized spacial score (nSPS) is 16.0. The Bertz CT molecular complexity index is 538. The molecule has 1 aliphatic heterocycles. The van der Waals surface area contributed by atoms with Gasteiger partial charge in [0.1, 0.15) is 12.6 Å². The maximum atomic E-state index is 11.6. The second kappa shape index (κ2) is 6.34. The Morgan fingerprint density at radius 1 is 1.33 bits per heavy atom. The number of carboxylic acid groups (broad SMARTS) is 1. The zero-order valence-corrected chi connectivity index (χ0v) is 11.7. The summed E-state index contributed by atoms with van der Waals surface area (Å²) in [5.74, 6) is -1.10. The Morgan fingerprint density at radius 3 is 2.57 bits per heavy atom. The Labute approximate surface area is 122 Å². The minimum atomic E-state index is -1.10. The fraction of sp³-hybridized carbons (Fsp3) is 0.429. The number of rotatable bonds is 7. The summed E-state index contributed by atoms with van der Waals surface area (Å²) in [5.41, 5.74) is 0.353. The van der Waals surface area contributed by atoms with Gasteiger partial charge in [-0.2, -0.15) is 10.2 Å². The van der Waals surface area contributed by atoms with Crippen molar-refractivity contribution in [3.63, 3.8) is 0 Å². The third-order valence-corrected chi connectivity index (χ3v) is 3.15. The lowest BCUT2D eigenvalue weighted by molar-refractivity contribution is -0.139. The molecule has 0 saturated carbocycles. The molecule has 0 aromatic heterocycles. The molecule has 7 heteroatoms. The van der Waals surface area contributed by atoms with Crippen molar-refractivity contribution in [1.82, 2.24) is 5.32 Å². The van der Waals surface area contributed by atoms with Gasteiger partial charge in [-0.05, 0) is 25.3 Å². The molecule has 7 nitrogen and oxygen atoms in total. The van der Waals surface area contributed by atoms with Crippen molar-refractivity contribution in [1.29, 1.82) is 0 Å². The van der Waals surface area contributed by atoms with Crippen LogP contribution in [-0.4, -0.2) is 28.9 Å². The molecule has 1 aromatic carbocycles. The van der Waals surface area contributed by atoms with Gasteiger partial charge in [-0.15, -0.1) is 0 Å². The number of carboxylic acids is 1. The Morgan fingerprint density at radius 2 is 2.00 bits per heavy atom. The lowest BCUT2D eigenvalue weighted by Gasteiger charge is -2.15. The summed E-state index contributed by atoms with van der Waals surface area (Å²) in [4.78, 5) is 22.7. The summed E-state index contributed by atoms with van der Waals surface area (Å²) in [6.45, 7) is 1.90. The molecule has 0 radical (unpaired) electrons. The maximum Gasteiger partial charge on any atom is 0.408 e. The maximum absolute atomic E-state index is 11.6. The van der Waals surface area contributed by atoms with Gasteiger partial charge in [0.15, 0.2) is 5.66 Å². The third kappa shape index (κ3) is 4.87. The van der Waals surface area contributed by atoms with E-state index in [1.54, 1.807) is 6.92 Å². The van der Waals surface area contributed by atoms with Crippen LogP contribution in [0.4, 0.5) is 4.79 Å². The van der Waals surface area contributed by atoms with Crippen LogP contribution in [-0.2, 0) is 16.1 Å². The molecule has 21 heavy (non-hydrogen) atoms. The van der Waals surface area contributed by atoms with Gasteiger partial charge in [-0.25, -0.2) is 9.59 Å². The van der Waals surface area contributed by atoms with Crippen LogP contribution < -0.4 is 5.32 Å². The van der Waals surface area contributed by atoms with Gasteiger partial charge >= 0.3 is 12.1 Å². The summed E-state index contributed by atoms with van der Waals surface area (Å²) in [6.07, 6.45) is -0.0246. The molecule has 112 valence electrons. The minimum Gasteiger partial charge on any atom is -0.480 e. The van der Waals surface area contributed by atoms with E-state index in [9.17, 15) is 9.59 Å². The van der Waals surface area contributed by atoms with Crippen LogP contribution in [0, 0.1) is 0 Å². The fourth-order valence-electron chi connectivity index (χ4n) is 1.77. The van der Waals surface area contributed by atoms with Gasteiger partial charge in [0.05, 0.1) is 0 Å². The summed E-state index contributed by atoms with van der Waals surface area (Å²) < 4.78 is 5.00. The van der Waals surface area contributed by atoms with Gasteiger partial charge in [0, 0.05) is 0 Å². The highest BCUT2D eigenvalue weighted by molar-refractivity contribution is 5.79. The first-order chi connectivity index (χ1) is 9.98. The largest absolute Gasteiger partial charge is 0.480 e. The van der Waals surface area contributed by atoms with E-state index in [0.717, 1.165) is 5.56 Å². The predicted octanol–water partition coefficient (Wildman–Crippen LogP) is 2.33. The highest BCUT2D eigenvalue weighted by atomic mass is 16.5. The van der Waals surface area contributed by atoms with Crippen LogP contribution in [0.25, 0.3) is 0 Å². The molecule has 2 N–H and O–H groups in total. The SMILES string of the molecule is CC1(CC[C@H](NC(=O)OCc2ccccc2)C(=O)O)N=N1. The average molecular weight is 291 g/mol. The topological polar surface area (TPSA) is 100 Å². The van der Waals surface area contributed by atoms with Gasteiger partial charge in [-0.1, -0.05) is 30.3 Å². The summed E-state index contributed by atoms with van der Waals surface area (Å²) in [5, 5.41) is 19.1. The molecular weight excluding hydrogens is 274 g/mol. The van der Waals surface area contributed by atoms with Crippen LogP contribution >= 0.6 is 0 Å². The van der Waals surface area contributed by atoms with Gasteiger partial charge in [0.25, 0.3) is 0 Å². The Balaban J connectivity index is 1.76. The Hall–Kier alpha value is -2.44. The molecule has 0 fully saturated rings. The molecule has 0 bridgehead atoms. The van der Waals surface area contributed by atoms with E-state index in [1.807, 2.05) is 30.3 Å². The van der Waals surface area contributed by atoms with Crippen molar-refractivity contribution in [3.8, 4) is 0 Å². The summed E-state index contributed by atoms with van der Waals surface area (Å²) in [7, 11) is 0. The number of amides is 1. The molecular formula is C14H17N3O4. The number of ether oxygens (including phenoxy) is 1. The number of hydrogen-bond donors (Lipinski definition) is 2. The van der Waals surface area contributed by atoms with Gasteiger partial charge in [0.2, 0.25) is 0 Å². The highest BCUT2D eigenvalue weighted by Gasteiger charge is 2.35. The van der Waals surface area contributed by atoms with Crippen molar-refractivity contribution in [2.45, 2.75) is 38.1 Å².